The number of ketones is 1. The van der Waals surface area contributed by atoms with Crippen LogP contribution in [0.2, 0.25) is 0 Å². The maximum absolute atomic E-state index is 12.7. The lowest BCUT2D eigenvalue weighted by Crippen LogP contribution is -2.34. The molecule has 0 spiro atoms. The Bertz CT molecular complexity index is 958. The number of aromatic nitrogens is 2. The van der Waals surface area contributed by atoms with Gasteiger partial charge in [0.2, 0.25) is 0 Å². The predicted molar refractivity (Wildman–Crippen MR) is 102 cm³/mol. The van der Waals surface area contributed by atoms with Crippen LogP contribution in [-0.4, -0.2) is 21.7 Å². The summed E-state index contributed by atoms with van der Waals surface area (Å²) >= 11 is 0. The molecular formula is C21H19N3O3. The third-order valence-corrected chi connectivity index (χ3v) is 4.17. The maximum atomic E-state index is 12.7. The first kappa shape index (κ1) is 18.3. The molecule has 0 aliphatic heterocycles. The fourth-order valence-corrected chi connectivity index (χ4v) is 2.72. The van der Waals surface area contributed by atoms with Crippen molar-refractivity contribution in [1.82, 2.24) is 15.3 Å². The van der Waals surface area contributed by atoms with Crippen molar-refractivity contribution in [1.29, 1.82) is 0 Å². The number of hydrogen-bond donors (Lipinski definition) is 2. The standard InChI is InChI=1S/C21H19N3O3/c1-2-17(25)19-22-13-16(21(27)24-19)20(26)23-18(14-9-5-3-6-10-14)15-11-7-4-8-12-15/h3-13,18H,2H2,1H3,(H,23,26)(H,22,24,27). The molecule has 0 unspecified atom stereocenters. The zero-order valence-corrected chi connectivity index (χ0v) is 14.8. The summed E-state index contributed by atoms with van der Waals surface area (Å²) in [6, 6.07) is 18.5. The average molecular weight is 361 g/mol. The van der Waals surface area contributed by atoms with Gasteiger partial charge in [-0.15, -0.1) is 0 Å². The molecule has 27 heavy (non-hydrogen) atoms. The summed E-state index contributed by atoms with van der Waals surface area (Å²) in [7, 11) is 0. The van der Waals surface area contributed by atoms with Gasteiger partial charge in [0, 0.05) is 12.6 Å². The van der Waals surface area contributed by atoms with E-state index in [0.29, 0.717) is 0 Å². The van der Waals surface area contributed by atoms with E-state index in [0.717, 1.165) is 17.3 Å². The van der Waals surface area contributed by atoms with Crippen molar-refractivity contribution in [3.63, 3.8) is 0 Å². The van der Waals surface area contributed by atoms with Crippen LogP contribution in [0.5, 0.6) is 0 Å². The summed E-state index contributed by atoms with van der Waals surface area (Å²) in [6.07, 6.45) is 1.36. The van der Waals surface area contributed by atoms with Crippen LogP contribution in [0, 0.1) is 0 Å². The van der Waals surface area contributed by atoms with E-state index >= 15 is 0 Å². The number of carbonyl (C=O) groups is 2. The van der Waals surface area contributed by atoms with Crippen molar-refractivity contribution in [2.24, 2.45) is 0 Å². The first-order valence-electron chi connectivity index (χ1n) is 8.63. The number of nitrogens with one attached hydrogen (secondary N) is 2. The number of Topliss-reactive ketones (excluding diaryl/α,β-unsaturated/α-hetero) is 1. The minimum absolute atomic E-state index is 0.0401. The number of rotatable bonds is 6. The van der Waals surface area contributed by atoms with Crippen molar-refractivity contribution in [3.8, 4) is 0 Å². The second-order valence-corrected chi connectivity index (χ2v) is 5.98. The third-order valence-electron chi connectivity index (χ3n) is 4.17. The molecule has 136 valence electrons. The van der Waals surface area contributed by atoms with Crippen molar-refractivity contribution in [2.45, 2.75) is 19.4 Å². The molecule has 1 heterocycles. The highest BCUT2D eigenvalue weighted by Crippen LogP contribution is 2.22. The molecule has 0 fully saturated rings. The lowest BCUT2D eigenvalue weighted by molar-refractivity contribution is 0.0935. The SMILES string of the molecule is CCC(=O)c1ncc(C(=O)NC(c2ccccc2)c2ccccc2)c(=O)[nH]1. The van der Waals surface area contributed by atoms with Gasteiger partial charge in [-0.1, -0.05) is 67.6 Å². The van der Waals surface area contributed by atoms with E-state index < -0.39 is 17.5 Å². The zero-order chi connectivity index (χ0) is 19.2. The van der Waals surface area contributed by atoms with E-state index in [9.17, 15) is 14.4 Å². The fraction of sp³-hybridized carbons (Fsp3) is 0.143. The van der Waals surface area contributed by atoms with Gasteiger partial charge in [0.05, 0.1) is 6.04 Å². The molecule has 0 atom stereocenters. The summed E-state index contributed by atoms with van der Waals surface area (Å²) in [4.78, 5) is 42.9. The van der Waals surface area contributed by atoms with Crippen LogP contribution in [0.15, 0.2) is 71.7 Å². The van der Waals surface area contributed by atoms with E-state index in [1.165, 1.54) is 0 Å². The predicted octanol–water partition coefficient (Wildman–Crippen LogP) is 2.88. The van der Waals surface area contributed by atoms with E-state index in [1.54, 1.807) is 6.92 Å². The van der Waals surface area contributed by atoms with E-state index in [1.807, 2.05) is 60.7 Å². The molecule has 0 saturated heterocycles. The Balaban J connectivity index is 1.92. The number of benzene rings is 2. The molecule has 0 bridgehead atoms. The van der Waals surface area contributed by atoms with Crippen LogP contribution >= 0.6 is 0 Å². The molecular weight excluding hydrogens is 342 g/mol. The Labute approximate surface area is 156 Å². The van der Waals surface area contributed by atoms with Crippen LogP contribution in [-0.2, 0) is 0 Å². The van der Waals surface area contributed by atoms with Crippen LogP contribution in [0.4, 0.5) is 0 Å². The molecule has 0 radical (unpaired) electrons. The lowest BCUT2D eigenvalue weighted by atomic mass is 9.98. The highest BCUT2D eigenvalue weighted by Gasteiger charge is 2.20. The second kappa shape index (κ2) is 8.23. The number of aromatic amines is 1. The molecule has 2 N–H and O–H groups in total. The topological polar surface area (TPSA) is 91.9 Å². The smallest absolute Gasteiger partial charge is 0.264 e. The Morgan fingerprint density at radius 1 is 1.00 bits per heavy atom. The first-order valence-corrected chi connectivity index (χ1v) is 8.63. The average Bonchev–Trinajstić information content (AvgIpc) is 2.72. The summed E-state index contributed by atoms with van der Waals surface area (Å²) in [5.74, 6) is -0.885. The van der Waals surface area contributed by atoms with E-state index in [4.69, 9.17) is 0 Å². The highest BCUT2D eigenvalue weighted by molar-refractivity contribution is 5.95. The summed E-state index contributed by atoms with van der Waals surface area (Å²) < 4.78 is 0. The van der Waals surface area contributed by atoms with Gasteiger partial charge in [0.25, 0.3) is 11.5 Å². The molecule has 0 saturated carbocycles. The number of carbonyl (C=O) groups excluding carboxylic acids is 2. The lowest BCUT2D eigenvalue weighted by Gasteiger charge is -2.19. The van der Waals surface area contributed by atoms with Crippen LogP contribution in [0.1, 0.15) is 51.5 Å². The molecule has 0 aliphatic carbocycles. The summed E-state index contributed by atoms with van der Waals surface area (Å²) in [5.41, 5.74) is 0.997. The fourth-order valence-electron chi connectivity index (χ4n) is 2.72. The van der Waals surface area contributed by atoms with Crippen molar-refractivity contribution in [2.75, 3.05) is 0 Å². The van der Waals surface area contributed by atoms with Gasteiger partial charge in [-0.25, -0.2) is 4.98 Å². The Hall–Kier alpha value is -3.54. The van der Waals surface area contributed by atoms with Crippen LogP contribution in [0.3, 0.4) is 0 Å². The van der Waals surface area contributed by atoms with Gasteiger partial charge < -0.3 is 10.3 Å². The minimum Gasteiger partial charge on any atom is -0.341 e. The number of nitrogens with zero attached hydrogens (tertiary/aromatic N) is 1. The van der Waals surface area contributed by atoms with Crippen molar-refractivity contribution >= 4 is 11.7 Å². The highest BCUT2D eigenvalue weighted by atomic mass is 16.2. The van der Waals surface area contributed by atoms with E-state index in [-0.39, 0.29) is 23.6 Å². The largest absolute Gasteiger partial charge is 0.341 e. The van der Waals surface area contributed by atoms with Gasteiger partial charge >= 0.3 is 0 Å². The summed E-state index contributed by atoms with van der Waals surface area (Å²) in [6.45, 7) is 1.67. The Kier molecular flexibility index (Phi) is 5.56. The molecule has 1 aromatic heterocycles. The molecule has 1 amide bonds. The molecule has 0 aliphatic rings. The maximum Gasteiger partial charge on any atom is 0.264 e. The quantitative estimate of drug-likeness (QED) is 0.661. The Morgan fingerprint density at radius 2 is 1.56 bits per heavy atom. The molecule has 2 aromatic carbocycles. The molecule has 3 aromatic rings. The molecule has 6 heteroatoms. The van der Waals surface area contributed by atoms with E-state index in [2.05, 4.69) is 15.3 Å². The van der Waals surface area contributed by atoms with Gasteiger partial charge in [-0.2, -0.15) is 0 Å². The third kappa shape index (κ3) is 4.17. The first-order chi connectivity index (χ1) is 13.1. The number of H-pyrrole nitrogens is 1. The number of hydrogen-bond acceptors (Lipinski definition) is 4. The minimum atomic E-state index is -0.640. The molecule has 3 rings (SSSR count). The summed E-state index contributed by atoms with van der Waals surface area (Å²) in [5, 5.41) is 2.89. The zero-order valence-electron chi connectivity index (χ0n) is 14.8. The van der Waals surface area contributed by atoms with Gasteiger partial charge in [-0.3, -0.25) is 14.4 Å². The van der Waals surface area contributed by atoms with Gasteiger partial charge in [0.15, 0.2) is 11.6 Å². The number of amides is 1. The monoisotopic (exact) mass is 361 g/mol. The normalized spacial score (nSPS) is 10.6. The van der Waals surface area contributed by atoms with Gasteiger partial charge in [-0.05, 0) is 11.1 Å². The Morgan fingerprint density at radius 3 is 2.04 bits per heavy atom. The van der Waals surface area contributed by atoms with Crippen LogP contribution < -0.4 is 10.9 Å². The second-order valence-electron chi connectivity index (χ2n) is 5.98. The van der Waals surface area contributed by atoms with Crippen molar-refractivity contribution in [3.05, 3.63) is 99.7 Å². The molecule has 6 nitrogen and oxygen atoms in total. The van der Waals surface area contributed by atoms with Crippen molar-refractivity contribution < 1.29 is 9.59 Å². The van der Waals surface area contributed by atoms with Gasteiger partial charge in [0.1, 0.15) is 5.56 Å². The van der Waals surface area contributed by atoms with Crippen LogP contribution in [0.25, 0.3) is 0 Å².